The van der Waals surface area contributed by atoms with E-state index in [1.165, 1.54) is 0 Å². The molecule has 0 heterocycles. The van der Waals surface area contributed by atoms with Crippen LogP contribution in [0.1, 0.15) is 60.8 Å². The summed E-state index contributed by atoms with van der Waals surface area (Å²) in [5.41, 5.74) is 0.588. The van der Waals surface area contributed by atoms with E-state index in [0.29, 0.717) is 84.4 Å². The Morgan fingerprint density at radius 3 is 1.24 bits per heavy atom. The Kier molecular flexibility index (Phi) is 20.1. The minimum absolute atomic E-state index is 0.0389. The van der Waals surface area contributed by atoms with E-state index in [-0.39, 0.29) is 11.3 Å². The van der Waals surface area contributed by atoms with Crippen LogP contribution in [0.25, 0.3) is 0 Å². The van der Waals surface area contributed by atoms with Crippen molar-refractivity contribution in [2.45, 2.75) is 60.8 Å². The van der Waals surface area contributed by atoms with E-state index >= 15 is 0 Å². The van der Waals surface area contributed by atoms with Crippen molar-refractivity contribution in [2.75, 3.05) is 85.8 Å². The average Bonchev–Trinajstić information content (AvgIpc) is 2.71. The van der Waals surface area contributed by atoms with Gasteiger partial charge < -0.3 is 33.7 Å². The molecule has 0 spiro atoms. The molecule has 0 saturated heterocycles. The summed E-state index contributed by atoms with van der Waals surface area (Å²) >= 11 is 0. The van der Waals surface area contributed by atoms with Gasteiger partial charge >= 0.3 is 0 Å². The highest BCUT2D eigenvalue weighted by molar-refractivity contribution is 5.75. The fourth-order valence-electron chi connectivity index (χ4n) is 2.36. The van der Waals surface area contributed by atoms with E-state index in [0.717, 1.165) is 26.1 Å². The lowest BCUT2D eigenvalue weighted by atomic mass is 9.93. The summed E-state index contributed by atoms with van der Waals surface area (Å²) in [6.45, 7) is 20.4. The molecule has 1 amide bonds. The third kappa shape index (κ3) is 29.2. The molecule has 0 atom stereocenters. The maximum atomic E-state index is 11.7. The monoisotopic (exact) mass is 477 g/mol. The zero-order valence-corrected chi connectivity index (χ0v) is 22.2. The van der Waals surface area contributed by atoms with Gasteiger partial charge in [-0.3, -0.25) is 4.79 Å². The SMILES string of the molecule is CC(C)(C)CCOCCOCCOCCOCCNC(=O)CCOCCOCCC(C)(C)C. The fraction of sp³-hybridized carbons (Fsp3) is 0.960. The summed E-state index contributed by atoms with van der Waals surface area (Å²) in [5.74, 6) is -0.0389. The standard InChI is InChI=1S/C25H51NO7/c1-24(2,3)8-12-29-16-15-28-11-7-23(27)26-10-14-31-18-20-33-22-21-32-19-17-30-13-9-25(4,5)6/h7-22H2,1-6H3,(H,26,27). The van der Waals surface area contributed by atoms with E-state index in [9.17, 15) is 4.79 Å². The molecule has 0 aliphatic carbocycles. The lowest BCUT2D eigenvalue weighted by Crippen LogP contribution is -2.28. The highest BCUT2D eigenvalue weighted by Crippen LogP contribution is 2.18. The predicted molar refractivity (Wildman–Crippen MR) is 131 cm³/mol. The van der Waals surface area contributed by atoms with Crippen molar-refractivity contribution >= 4 is 5.91 Å². The molecule has 8 nitrogen and oxygen atoms in total. The molecule has 0 radical (unpaired) electrons. The van der Waals surface area contributed by atoms with Crippen LogP contribution in [0.2, 0.25) is 0 Å². The van der Waals surface area contributed by atoms with E-state index < -0.39 is 0 Å². The normalized spacial score (nSPS) is 12.3. The molecular weight excluding hydrogens is 426 g/mol. The van der Waals surface area contributed by atoms with Crippen molar-refractivity contribution in [1.82, 2.24) is 5.32 Å². The molecule has 0 bridgehead atoms. The molecule has 0 aromatic heterocycles. The van der Waals surface area contributed by atoms with Crippen LogP contribution in [0.5, 0.6) is 0 Å². The molecule has 0 aliphatic heterocycles. The number of amides is 1. The largest absolute Gasteiger partial charge is 0.379 e. The molecule has 0 saturated carbocycles. The van der Waals surface area contributed by atoms with E-state index in [1.807, 2.05) is 0 Å². The Labute approximate surface area is 202 Å². The van der Waals surface area contributed by atoms with Gasteiger partial charge in [0.2, 0.25) is 5.91 Å². The van der Waals surface area contributed by atoms with Crippen molar-refractivity contribution in [3.63, 3.8) is 0 Å². The molecule has 0 fully saturated rings. The number of ether oxygens (including phenoxy) is 6. The van der Waals surface area contributed by atoms with Gasteiger partial charge in [0.25, 0.3) is 0 Å². The molecule has 8 heteroatoms. The van der Waals surface area contributed by atoms with Crippen molar-refractivity contribution < 1.29 is 33.2 Å². The van der Waals surface area contributed by atoms with Crippen molar-refractivity contribution in [3.8, 4) is 0 Å². The molecular formula is C25H51NO7. The van der Waals surface area contributed by atoms with Crippen molar-refractivity contribution in [3.05, 3.63) is 0 Å². The fourth-order valence-corrected chi connectivity index (χ4v) is 2.36. The molecule has 0 aromatic carbocycles. The summed E-state index contributed by atoms with van der Waals surface area (Å²) in [6, 6.07) is 0. The van der Waals surface area contributed by atoms with Crippen LogP contribution in [0.15, 0.2) is 0 Å². The first-order valence-electron chi connectivity index (χ1n) is 12.3. The van der Waals surface area contributed by atoms with Crippen LogP contribution in [0.4, 0.5) is 0 Å². The molecule has 0 rings (SSSR count). The van der Waals surface area contributed by atoms with Crippen LogP contribution < -0.4 is 5.32 Å². The second kappa shape index (κ2) is 20.6. The summed E-state index contributed by atoms with van der Waals surface area (Å²) in [7, 11) is 0. The number of carbonyl (C=O) groups is 1. The summed E-state index contributed by atoms with van der Waals surface area (Å²) in [5, 5.41) is 2.81. The predicted octanol–water partition coefficient (Wildman–Crippen LogP) is 3.46. The minimum atomic E-state index is -0.0389. The van der Waals surface area contributed by atoms with Gasteiger partial charge in [0.05, 0.1) is 66.1 Å². The first-order chi connectivity index (χ1) is 15.6. The Hall–Kier alpha value is -0.770. The van der Waals surface area contributed by atoms with Crippen molar-refractivity contribution in [2.24, 2.45) is 10.8 Å². The average molecular weight is 478 g/mol. The molecule has 0 aromatic rings. The minimum Gasteiger partial charge on any atom is -0.379 e. The zero-order valence-electron chi connectivity index (χ0n) is 22.2. The third-order valence-electron chi connectivity index (χ3n) is 4.52. The lowest BCUT2D eigenvalue weighted by molar-refractivity contribution is -0.122. The number of hydrogen-bond acceptors (Lipinski definition) is 7. The van der Waals surface area contributed by atoms with E-state index in [4.69, 9.17) is 28.4 Å². The third-order valence-corrected chi connectivity index (χ3v) is 4.52. The first-order valence-corrected chi connectivity index (χ1v) is 12.3. The Morgan fingerprint density at radius 1 is 0.515 bits per heavy atom. The molecule has 198 valence electrons. The molecule has 0 aliphatic rings. The van der Waals surface area contributed by atoms with Crippen LogP contribution in [-0.2, 0) is 33.2 Å². The Bertz CT molecular complexity index is 447. The summed E-state index contributed by atoms with van der Waals surface area (Å²) in [6.07, 6.45) is 2.40. The first kappa shape index (κ1) is 32.2. The number of rotatable bonds is 22. The lowest BCUT2D eigenvalue weighted by Gasteiger charge is -2.17. The second-order valence-corrected chi connectivity index (χ2v) is 10.4. The van der Waals surface area contributed by atoms with Gasteiger partial charge in [0.15, 0.2) is 0 Å². The Balaban J connectivity index is 3.21. The van der Waals surface area contributed by atoms with Crippen LogP contribution in [0, 0.1) is 10.8 Å². The molecule has 33 heavy (non-hydrogen) atoms. The molecule has 0 unspecified atom stereocenters. The highest BCUT2D eigenvalue weighted by atomic mass is 16.6. The zero-order chi connectivity index (χ0) is 24.8. The number of hydrogen-bond donors (Lipinski definition) is 1. The molecule has 1 N–H and O–H groups in total. The van der Waals surface area contributed by atoms with Crippen LogP contribution >= 0.6 is 0 Å². The van der Waals surface area contributed by atoms with Crippen molar-refractivity contribution in [1.29, 1.82) is 0 Å². The van der Waals surface area contributed by atoms with Gasteiger partial charge in [0, 0.05) is 26.2 Å². The summed E-state index contributed by atoms with van der Waals surface area (Å²) in [4.78, 5) is 11.7. The highest BCUT2D eigenvalue weighted by Gasteiger charge is 2.09. The van der Waals surface area contributed by atoms with Crippen LogP contribution in [-0.4, -0.2) is 91.7 Å². The van der Waals surface area contributed by atoms with E-state index in [2.05, 4.69) is 46.9 Å². The quantitative estimate of drug-likeness (QED) is 0.239. The van der Waals surface area contributed by atoms with Gasteiger partial charge in [-0.25, -0.2) is 0 Å². The van der Waals surface area contributed by atoms with Gasteiger partial charge in [-0.1, -0.05) is 41.5 Å². The number of carbonyl (C=O) groups excluding carboxylic acids is 1. The summed E-state index contributed by atoms with van der Waals surface area (Å²) < 4.78 is 32.8. The smallest absolute Gasteiger partial charge is 0.222 e. The van der Waals surface area contributed by atoms with Gasteiger partial charge in [0.1, 0.15) is 0 Å². The number of nitrogens with one attached hydrogen (secondary N) is 1. The van der Waals surface area contributed by atoms with Gasteiger partial charge in [-0.15, -0.1) is 0 Å². The van der Waals surface area contributed by atoms with E-state index in [1.54, 1.807) is 0 Å². The topological polar surface area (TPSA) is 84.5 Å². The maximum Gasteiger partial charge on any atom is 0.222 e. The van der Waals surface area contributed by atoms with Gasteiger partial charge in [-0.05, 0) is 23.7 Å². The second-order valence-electron chi connectivity index (χ2n) is 10.4. The van der Waals surface area contributed by atoms with Crippen LogP contribution in [0.3, 0.4) is 0 Å². The maximum absolute atomic E-state index is 11.7. The van der Waals surface area contributed by atoms with Gasteiger partial charge in [-0.2, -0.15) is 0 Å². The Morgan fingerprint density at radius 2 is 0.848 bits per heavy atom.